The van der Waals surface area contributed by atoms with E-state index < -0.39 is 0 Å². The van der Waals surface area contributed by atoms with Gasteiger partial charge in [0.2, 0.25) is 0 Å². The summed E-state index contributed by atoms with van der Waals surface area (Å²) >= 11 is 3.49. The largest absolute Gasteiger partial charge is 0.339 e. The fraction of sp³-hybridized carbons (Fsp3) is 0.545. The highest BCUT2D eigenvalue weighted by molar-refractivity contribution is 9.09. The van der Waals surface area contributed by atoms with Crippen molar-refractivity contribution in [1.29, 1.82) is 0 Å². The van der Waals surface area contributed by atoms with Crippen molar-refractivity contribution >= 4 is 21.8 Å². The summed E-state index contributed by atoms with van der Waals surface area (Å²) in [5.41, 5.74) is 0.632. The van der Waals surface area contributed by atoms with Gasteiger partial charge in [0.15, 0.2) is 0 Å². The van der Waals surface area contributed by atoms with Gasteiger partial charge in [0.05, 0.1) is 18.0 Å². The van der Waals surface area contributed by atoms with Gasteiger partial charge < -0.3 is 4.90 Å². The fourth-order valence-electron chi connectivity index (χ4n) is 1.89. The van der Waals surface area contributed by atoms with Crippen LogP contribution in [0.4, 0.5) is 0 Å². The third-order valence-electron chi connectivity index (χ3n) is 2.95. The molecule has 1 amide bonds. The minimum atomic E-state index is 0.0722. The minimum Gasteiger partial charge on any atom is -0.339 e. The van der Waals surface area contributed by atoms with Gasteiger partial charge in [-0.05, 0) is 24.8 Å². The second-order valence-corrected chi connectivity index (χ2v) is 4.67. The Balaban J connectivity index is 1.97. The lowest BCUT2D eigenvalue weighted by molar-refractivity contribution is 0.0698. The van der Waals surface area contributed by atoms with Gasteiger partial charge in [0.1, 0.15) is 0 Å². The molecule has 1 aliphatic heterocycles. The van der Waals surface area contributed by atoms with E-state index in [0.29, 0.717) is 11.5 Å². The molecule has 0 atom stereocenters. The maximum Gasteiger partial charge on any atom is 0.255 e. The zero-order valence-electron chi connectivity index (χ0n) is 8.97. The summed E-state index contributed by atoms with van der Waals surface area (Å²) in [6, 6.07) is 1.71. The Morgan fingerprint density at radius 2 is 2.19 bits per heavy atom. The average Bonchev–Trinajstić information content (AvgIpc) is 2.39. The molecule has 0 aromatic carbocycles. The summed E-state index contributed by atoms with van der Waals surface area (Å²) in [4.78, 5) is 13.9. The monoisotopic (exact) mass is 283 g/mol. The van der Waals surface area contributed by atoms with Crippen LogP contribution < -0.4 is 0 Å². The van der Waals surface area contributed by atoms with Gasteiger partial charge in [0, 0.05) is 18.4 Å². The molecule has 5 heteroatoms. The van der Waals surface area contributed by atoms with Crippen LogP contribution in [0.5, 0.6) is 0 Å². The molecule has 2 rings (SSSR count). The van der Waals surface area contributed by atoms with Gasteiger partial charge in [-0.2, -0.15) is 10.2 Å². The molecule has 1 saturated heterocycles. The highest BCUT2D eigenvalue weighted by Gasteiger charge is 2.22. The number of aromatic nitrogens is 2. The number of nitrogens with zero attached hydrogens (tertiary/aromatic N) is 3. The Kier molecular flexibility index (Phi) is 3.88. The number of halogens is 1. The fourth-order valence-corrected chi connectivity index (χ4v) is 2.54. The molecule has 1 aromatic heterocycles. The Morgan fingerprint density at radius 3 is 2.75 bits per heavy atom. The predicted octanol–water partition coefficient (Wildman–Crippen LogP) is 1.72. The van der Waals surface area contributed by atoms with Gasteiger partial charge in [-0.15, -0.1) is 0 Å². The van der Waals surface area contributed by atoms with E-state index in [4.69, 9.17) is 0 Å². The molecule has 0 unspecified atom stereocenters. The molecule has 86 valence electrons. The normalized spacial score (nSPS) is 17.4. The summed E-state index contributed by atoms with van der Waals surface area (Å²) in [5, 5.41) is 8.43. The lowest BCUT2D eigenvalue weighted by atomic mass is 9.99. The number of hydrogen-bond donors (Lipinski definition) is 0. The molecule has 2 heterocycles. The topological polar surface area (TPSA) is 46.1 Å². The molecule has 4 nitrogen and oxygen atoms in total. The third-order valence-corrected chi connectivity index (χ3v) is 3.87. The van der Waals surface area contributed by atoms with Gasteiger partial charge in [0.25, 0.3) is 5.91 Å². The smallest absolute Gasteiger partial charge is 0.255 e. The van der Waals surface area contributed by atoms with Gasteiger partial charge in [-0.25, -0.2) is 0 Å². The molecule has 0 radical (unpaired) electrons. The van der Waals surface area contributed by atoms with Crippen LogP contribution in [0.25, 0.3) is 0 Å². The molecule has 16 heavy (non-hydrogen) atoms. The van der Waals surface area contributed by atoms with Crippen molar-refractivity contribution < 1.29 is 4.79 Å². The molecule has 1 aromatic rings. The molecule has 0 saturated carbocycles. The number of carbonyl (C=O) groups excluding carboxylic acids is 1. The third kappa shape index (κ3) is 2.58. The summed E-state index contributed by atoms with van der Waals surface area (Å²) in [7, 11) is 0. The van der Waals surface area contributed by atoms with Crippen molar-refractivity contribution in [3.8, 4) is 0 Å². The number of carbonyl (C=O) groups is 1. The zero-order chi connectivity index (χ0) is 11.4. The van der Waals surface area contributed by atoms with E-state index in [-0.39, 0.29) is 5.91 Å². The summed E-state index contributed by atoms with van der Waals surface area (Å²) in [5.74, 6) is 0.780. The zero-order valence-corrected chi connectivity index (χ0v) is 10.6. The van der Waals surface area contributed by atoms with Gasteiger partial charge in [-0.1, -0.05) is 15.9 Å². The van der Waals surface area contributed by atoms with Crippen LogP contribution >= 0.6 is 15.9 Å². The van der Waals surface area contributed by atoms with Gasteiger partial charge >= 0.3 is 0 Å². The van der Waals surface area contributed by atoms with Gasteiger partial charge in [-0.3, -0.25) is 4.79 Å². The lowest BCUT2D eigenvalue weighted by Gasteiger charge is -2.31. The second-order valence-electron chi connectivity index (χ2n) is 4.02. The second kappa shape index (κ2) is 5.39. The molecule has 1 fully saturated rings. The molecular weight excluding hydrogens is 270 g/mol. The van der Waals surface area contributed by atoms with Crippen molar-refractivity contribution in [2.24, 2.45) is 5.92 Å². The van der Waals surface area contributed by atoms with Crippen molar-refractivity contribution in [3.05, 3.63) is 24.0 Å². The number of alkyl halides is 1. The highest BCUT2D eigenvalue weighted by Crippen LogP contribution is 2.20. The van der Waals surface area contributed by atoms with Crippen LogP contribution in [0, 0.1) is 5.92 Å². The number of hydrogen-bond acceptors (Lipinski definition) is 3. The summed E-state index contributed by atoms with van der Waals surface area (Å²) in [6.45, 7) is 1.69. The quantitative estimate of drug-likeness (QED) is 0.777. The van der Waals surface area contributed by atoms with Crippen LogP contribution in [-0.2, 0) is 0 Å². The number of piperidine rings is 1. The van der Waals surface area contributed by atoms with Crippen LogP contribution in [0.15, 0.2) is 18.5 Å². The molecule has 0 aliphatic carbocycles. The van der Waals surface area contributed by atoms with E-state index in [1.807, 2.05) is 4.90 Å². The Bertz CT molecular complexity index is 350. The maximum absolute atomic E-state index is 12.0. The standard InChI is InChI=1S/C11H14BrN3O/c12-7-9-2-5-15(6-3-9)11(16)10-1-4-13-14-8-10/h1,4,8-9H,2-3,5-7H2. The van der Waals surface area contributed by atoms with Crippen molar-refractivity contribution in [1.82, 2.24) is 15.1 Å². The average molecular weight is 284 g/mol. The summed E-state index contributed by atoms with van der Waals surface area (Å²) in [6.07, 6.45) is 5.24. The van der Waals surface area contributed by atoms with Crippen LogP contribution in [0.1, 0.15) is 23.2 Å². The van der Waals surface area contributed by atoms with E-state index in [9.17, 15) is 4.79 Å². The maximum atomic E-state index is 12.0. The molecule has 0 spiro atoms. The first-order valence-electron chi connectivity index (χ1n) is 5.43. The Hall–Kier alpha value is -0.970. The number of likely N-dealkylation sites (tertiary alicyclic amines) is 1. The van der Waals surface area contributed by atoms with Crippen LogP contribution in [0.2, 0.25) is 0 Å². The first-order valence-corrected chi connectivity index (χ1v) is 6.55. The molecule has 1 aliphatic rings. The molecular formula is C11H14BrN3O. The van der Waals surface area contributed by atoms with E-state index in [1.54, 1.807) is 12.3 Å². The highest BCUT2D eigenvalue weighted by atomic mass is 79.9. The Morgan fingerprint density at radius 1 is 1.44 bits per heavy atom. The SMILES string of the molecule is O=C(c1ccnnc1)N1CCC(CBr)CC1. The van der Waals surface area contributed by atoms with Crippen molar-refractivity contribution in [2.45, 2.75) is 12.8 Å². The lowest BCUT2D eigenvalue weighted by Crippen LogP contribution is -2.38. The van der Waals surface area contributed by atoms with E-state index in [2.05, 4.69) is 26.1 Å². The number of rotatable bonds is 2. The van der Waals surface area contributed by atoms with E-state index in [0.717, 1.165) is 31.3 Å². The first kappa shape index (κ1) is 11.5. The first-order chi connectivity index (χ1) is 7.81. The predicted molar refractivity (Wildman–Crippen MR) is 64.5 cm³/mol. The number of amides is 1. The molecule has 0 bridgehead atoms. The van der Waals surface area contributed by atoms with Crippen molar-refractivity contribution in [2.75, 3.05) is 18.4 Å². The Labute approximate surface area is 103 Å². The van der Waals surface area contributed by atoms with Crippen molar-refractivity contribution in [3.63, 3.8) is 0 Å². The van der Waals surface area contributed by atoms with E-state index >= 15 is 0 Å². The summed E-state index contributed by atoms with van der Waals surface area (Å²) < 4.78 is 0. The van der Waals surface area contributed by atoms with E-state index in [1.165, 1.54) is 6.20 Å². The van der Waals surface area contributed by atoms with Crippen LogP contribution in [0.3, 0.4) is 0 Å². The minimum absolute atomic E-state index is 0.0722. The molecule has 0 N–H and O–H groups in total. The van der Waals surface area contributed by atoms with Crippen LogP contribution in [-0.4, -0.2) is 39.4 Å².